The van der Waals surface area contributed by atoms with Gasteiger partial charge in [-0.2, -0.15) is 0 Å². The van der Waals surface area contributed by atoms with Crippen molar-refractivity contribution in [2.75, 3.05) is 13.1 Å². The van der Waals surface area contributed by atoms with Crippen LogP contribution in [0.4, 0.5) is 0 Å². The monoisotopic (exact) mass is 325 g/mol. The molecule has 5 nitrogen and oxygen atoms in total. The number of hydrogen-bond acceptors (Lipinski definition) is 3. The highest BCUT2D eigenvalue weighted by Crippen LogP contribution is 2.07. The predicted octanol–water partition coefficient (Wildman–Crippen LogP) is 2.01. The molecule has 0 bridgehead atoms. The first kappa shape index (κ1) is 17.7. The van der Waals surface area contributed by atoms with E-state index in [1.54, 1.807) is 12.1 Å². The lowest BCUT2D eigenvalue weighted by Crippen LogP contribution is -2.32. The smallest absolute Gasteiger partial charge is 0.251 e. The number of benzene rings is 2. The molecule has 24 heavy (non-hydrogen) atoms. The number of hydrogen-bond donors (Lipinski definition) is 3. The molecular weight excluding hydrogens is 302 g/mol. The Bertz CT molecular complexity index is 644. The highest BCUT2D eigenvalue weighted by atomic mass is 16.2. The second-order valence-electron chi connectivity index (χ2n) is 5.55. The van der Waals surface area contributed by atoms with E-state index in [4.69, 9.17) is 5.73 Å². The summed E-state index contributed by atoms with van der Waals surface area (Å²) in [5.74, 6) is -0.183. The summed E-state index contributed by atoms with van der Waals surface area (Å²) in [6.45, 7) is 0.866. The Balaban J connectivity index is 1.61. The van der Waals surface area contributed by atoms with Crippen LogP contribution in [0.5, 0.6) is 0 Å². The summed E-state index contributed by atoms with van der Waals surface area (Å²) in [4.78, 5) is 23.6. The predicted molar refractivity (Wildman–Crippen MR) is 94.4 cm³/mol. The average molecular weight is 325 g/mol. The minimum absolute atomic E-state index is 0.0599. The zero-order valence-electron chi connectivity index (χ0n) is 13.6. The molecule has 0 fully saturated rings. The maximum atomic E-state index is 11.8. The summed E-state index contributed by atoms with van der Waals surface area (Å²) < 4.78 is 0. The number of carbonyl (C=O) groups excluding carboxylic acids is 2. The highest BCUT2D eigenvalue weighted by Gasteiger charge is 2.08. The topological polar surface area (TPSA) is 84.2 Å². The molecule has 2 amide bonds. The molecule has 0 aliphatic carbocycles. The molecule has 4 N–H and O–H groups in total. The second-order valence-corrected chi connectivity index (χ2v) is 5.55. The number of nitrogens with two attached hydrogens (primary N) is 1. The number of rotatable bonds is 8. The molecule has 2 aromatic rings. The Hall–Kier alpha value is -2.66. The van der Waals surface area contributed by atoms with Crippen molar-refractivity contribution in [3.63, 3.8) is 0 Å². The van der Waals surface area contributed by atoms with Crippen LogP contribution in [0.25, 0.3) is 0 Å². The van der Waals surface area contributed by atoms with Crippen molar-refractivity contribution >= 4 is 11.8 Å². The third-order valence-corrected chi connectivity index (χ3v) is 3.65. The molecule has 0 spiro atoms. The maximum Gasteiger partial charge on any atom is 0.251 e. The highest BCUT2D eigenvalue weighted by molar-refractivity contribution is 5.94. The van der Waals surface area contributed by atoms with Gasteiger partial charge >= 0.3 is 0 Å². The van der Waals surface area contributed by atoms with E-state index in [-0.39, 0.29) is 17.9 Å². The molecule has 0 radical (unpaired) electrons. The molecule has 1 atom stereocenters. The first-order chi connectivity index (χ1) is 11.7. The molecule has 2 rings (SSSR count). The zero-order valence-corrected chi connectivity index (χ0v) is 13.6. The van der Waals surface area contributed by atoms with Crippen LogP contribution in [-0.4, -0.2) is 24.9 Å². The van der Waals surface area contributed by atoms with E-state index in [2.05, 4.69) is 10.6 Å². The van der Waals surface area contributed by atoms with Gasteiger partial charge in [0.25, 0.3) is 5.91 Å². The second kappa shape index (κ2) is 9.47. The van der Waals surface area contributed by atoms with Crippen LogP contribution in [0, 0.1) is 0 Å². The van der Waals surface area contributed by atoms with Crippen LogP contribution < -0.4 is 16.4 Å². The van der Waals surface area contributed by atoms with E-state index < -0.39 is 0 Å². The van der Waals surface area contributed by atoms with Crippen molar-refractivity contribution in [1.82, 2.24) is 10.6 Å². The Morgan fingerprint density at radius 2 is 1.54 bits per heavy atom. The van der Waals surface area contributed by atoms with Gasteiger partial charge in [0, 0.05) is 31.1 Å². The van der Waals surface area contributed by atoms with Crippen molar-refractivity contribution in [2.24, 2.45) is 5.73 Å². The molecule has 5 heteroatoms. The Morgan fingerprint density at radius 1 is 0.917 bits per heavy atom. The third-order valence-electron chi connectivity index (χ3n) is 3.65. The Kier molecular flexibility index (Phi) is 6.98. The van der Waals surface area contributed by atoms with Crippen LogP contribution >= 0.6 is 0 Å². The van der Waals surface area contributed by atoms with Crippen LogP contribution in [0.15, 0.2) is 60.7 Å². The minimum Gasteiger partial charge on any atom is -0.354 e. The third kappa shape index (κ3) is 5.85. The normalized spacial score (nSPS) is 11.5. The molecule has 126 valence electrons. The summed E-state index contributed by atoms with van der Waals surface area (Å²) in [5, 5.41) is 5.63. The van der Waals surface area contributed by atoms with Crippen LogP contribution in [0.2, 0.25) is 0 Å². The van der Waals surface area contributed by atoms with E-state index in [0.29, 0.717) is 31.5 Å². The van der Waals surface area contributed by atoms with E-state index in [0.717, 1.165) is 5.56 Å². The molecule has 2 aromatic carbocycles. The van der Waals surface area contributed by atoms with Gasteiger partial charge in [0.15, 0.2) is 0 Å². The lowest BCUT2D eigenvalue weighted by Gasteiger charge is -2.13. The van der Waals surface area contributed by atoms with Gasteiger partial charge in [-0.05, 0) is 24.1 Å². The molecule has 0 aromatic heterocycles. The number of amides is 2. The lowest BCUT2D eigenvalue weighted by molar-refractivity contribution is -0.121. The first-order valence-electron chi connectivity index (χ1n) is 8.07. The van der Waals surface area contributed by atoms with Gasteiger partial charge in [-0.3, -0.25) is 9.59 Å². The summed E-state index contributed by atoms with van der Waals surface area (Å²) >= 11 is 0. The van der Waals surface area contributed by atoms with Crippen molar-refractivity contribution in [1.29, 1.82) is 0 Å². The van der Waals surface area contributed by atoms with Crippen molar-refractivity contribution in [3.8, 4) is 0 Å². The van der Waals surface area contributed by atoms with E-state index in [9.17, 15) is 9.59 Å². The molecule has 1 unspecified atom stereocenters. The largest absolute Gasteiger partial charge is 0.354 e. The standard InChI is InChI=1S/C19H23N3O2/c20-17(15-8-3-1-4-9-15)14-22-18(23)12-7-13-21-19(24)16-10-5-2-6-11-16/h1-6,8-11,17H,7,12-14,20H2,(H,21,24)(H,22,23). The van der Waals surface area contributed by atoms with Gasteiger partial charge in [0.1, 0.15) is 0 Å². The van der Waals surface area contributed by atoms with Gasteiger partial charge in [0.05, 0.1) is 0 Å². The minimum atomic E-state index is -0.215. The van der Waals surface area contributed by atoms with E-state index in [1.807, 2.05) is 48.5 Å². The van der Waals surface area contributed by atoms with Crippen LogP contribution in [0.3, 0.4) is 0 Å². The first-order valence-corrected chi connectivity index (χ1v) is 8.07. The van der Waals surface area contributed by atoms with Gasteiger partial charge < -0.3 is 16.4 Å². The Labute approximate surface area is 142 Å². The fourth-order valence-corrected chi connectivity index (χ4v) is 2.27. The number of carbonyl (C=O) groups is 2. The van der Waals surface area contributed by atoms with Crippen molar-refractivity contribution < 1.29 is 9.59 Å². The quantitative estimate of drug-likeness (QED) is 0.649. The lowest BCUT2D eigenvalue weighted by atomic mass is 10.1. The van der Waals surface area contributed by atoms with Gasteiger partial charge in [-0.15, -0.1) is 0 Å². The number of nitrogens with one attached hydrogen (secondary N) is 2. The van der Waals surface area contributed by atoms with E-state index >= 15 is 0 Å². The van der Waals surface area contributed by atoms with Gasteiger partial charge in [-0.25, -0.2) is 0 Å². The molecule has 0 saturated heterocycles. The van der Waals surface area contributed by atoms with Crippen molar-refractivity contribution in [2.45, 2.75) is 18.9 Å². The summed E-state index contributed by atoms with van der Waals surface area (Å²) in [6, 6.07) is 18.5. The average Bonchev–Trinajstić information content (AvgIpc) is 2.64. The molecule has 0 saturated carbocycles. The summed E-state index contributed by atoms with van der Waals surface area (Å²) in [6.07, 6.45) is 0.946. The molecule has 0 aliphatic rings. The van der Waals surface area contributed by atoms with Gasteiger partial charge in [-0.1, -0.05) is 48.5 Å². The van der Waals surface area contributed by atoms with Gasteiger partial charge in [0.2, 0.25) is 5.91 Å². The fourth-order valence-electron chi connectivity index (χ4n) is 2.27. The maximum absolute atomic E-state index is 11.8. The molecule has 0 heterocycles. The SMILES string of the molecule is NC(CNC(=O)CCCNC(=O)c1ccccc1)c1ccccc1. The zero-order chi connectivity index (χ0) is 17.2. The molecule has 0 aliphatic heterocycles. The Morgan fingerprint density at radius 3 is 2.21 bits per heavy atom. The fraction of sp³-hybridized carbons (Fsp3) is 0.263. The molecular formula is C19H23N3O2. The van der Waals surface area contributed by atoms with Crippen LogP contribution in [-0.2, 0) is 4.79 Å². The summed E-state index contributed by atoms with van der Waals surface area (Å²) in [7, 11) is 0. The van der Waals surface area contributed by atoms with E-state index in [1.165, 1.54) is 0 Å². The summed E-state index contributed by atoms with van der Waals surface area (Å²) in [5.41, 5.74) is 7.65. The van der Waals surface area contributed by atoms with Crippen molar-refractivity contribution in [3.05, 3.63) is 71.8 Å². The van der Waals surface area contributed by atoms with Crippen LogP contribution in [0.1, 0.15) is 34.8 Å².